The first-order valence-electron chi connectivity index (χ1n) is 6.66. The lowest BCUT2D eigenvalue weighted by Crippen LogP contribution is -2.13. The summed E-state index contributed by atoms with van der Waals surface area (Å²) in [5.74, 6) is 0.748. The third-order valence-electron chi connectivity index (χ3n) is 3.22. The first kappa shape index (κ1) is 16.1. The highest BCUT2D eigenvalue weighted by atomic mass is 79.9. The van der Waals surface area contributed by atoms with Gasteiger partial charge in [0.15, 0.2) is 5.78 Å². The molecule has 4 heteroatoms. The summed E-state index contributed by atoms with van der Waals surface area (Å²) in [7, 11) is 0. The van der Waals surface area contributed by atoms with Crippen LogP contribution in [0.5, 0.6) is 5.75 Å². The molecule has 0 amide bonds. The molecular formula is C17H16BrClO2. The molecule has 0 aliphatic rings. The summed E-state index contributed by atoms with van der Waals surface area (Å²) in [5, 5.41) is 1.33. The number of ketones is 1. The Bertz CT molecular complexity index is 613. The Labute approximate surface area is 138 Å². The van der Waals surface area contributed by atoms with Crippen LogP contribution >= 0.6 is 27.5 Å². The smallest absolute Gasteiger partial charge is 0.163 e. The highest BCUT2D eigenvalue weighted by Crippen LogP contribution is 2.26. The van der Waals surface area contributed by atoms with E-state index in [4.69, 9.17) is 16.3 Å². The first-order chi connectivity index (χ1) is 10.1. The Morgan fingerprint density at radius 3 is 2.57 bits per heavy atom. The highest BCUT2D eigenvalue weighted by molar-refractivity contribution is 9.09. The molecule has 0 aliphatic heterocycles. The molecule has 2 aromatic rings. The molecule has 0 radical (unpaired) electrons. The number of rotatable bonds is 6. The molecule has 2 aromatic carbocycles. The second-order valence-corrected chi connectivity index (χ2v) is 5.85. The largest absolute Gasteiger partial charge is 0.492 e. The summed E-state index contributed by atoms with van der Waals surface area (Å²) >= 11 is 9.45. The minimum atomic E-state index is -0.0531. The van der Waals surface area contributed by atoms with Crippen molar-refractivity contribution in [1.82, 2.24) is 0 Å². The van der Waals surface area contributed by atoms with Gasteiger partial charge < -0.3 is 4.74 Å². The fourth-order valence-electron chi connectivity index (χ4n) is 2.05. The van der Waals surface area contributed by atoms with Gasteiger partial charge in [0.25, 0.3) is 0 Å². The number of hydrogen-bond donors (Lipinski definition) is 0. The van der Waals surface area contributed by atoms with Gasteiger partial charge in [0.1, 0.15) is 5.75 Å². The molecular weight excluding hydrogens is 352 g/mol. The van der Waals surface area contributed by atoms with Crippen molar-refractivity contribution in [3.63, 3.8) is 0 Å². The zero-order valence-corrected chi connectivity index (χ0v) is 14.0. The van der Waals surface area contributed by atoms with Crippen LogP contribution in [0.1, 0.15) is 28.8 Å². The number of carbonyl (C=O) groups excluding carboxylic acids is 1. The minimum absolute atomic E-state index is 0.0531. The Kier molecular flexibility index (Phi) is 5.83. The van der Waals surface area contributed by atoms with E-state index in [1.165, 1.54) is 12.5 Å². The second-order valence-electron chi connectivity index (χ2n) is 4.77. The van der Waals surface area contributed by atoms with Gasteiger partial charge in [-0.05, 0) is 30.7 Å². The van der Waals surface area contributed by atoms with Crippen molar-refractivity contribution in [2.24, 2.45) is 0 Å². The number of ether oxygens (including phenoxy) is 1. The molecule has 0 saturated carbocycles. The molecule has 0 aliphatic carbocycles. The molecule has 0 N–H and O–H groups in total. The minimum Gasteiger partial charge on any atom is -0.492 e. The topological polar surface area (TPSA) is 26.3 Å². The quantitative estimate of drug-likeness (QED) is 0.524. The van der Waals surface area contributed by atoms with E-state index in [1.54, 1.807) is 18.2 Å². The highest BCUT2D eigenvalue weighted by Gasteiger charge is 2.14. The molecule has 2 nitrogen and oxygen atoms in total. The van der Waals surface area contributed by atoms with Crippen molar-refractivity contribution < 1.29 is 9.53 Å². The lowest BCUT2D eigenvalue weighted by atomic mass is 10.0. The maximum absolute atomic E-state index is 11.7. The van der Waals surface area contributed by atoms with Crippen LogP contribution in [0, 0.1) is 0 Å². The van der Waals surface area contributed by atoms with Crippen LogP contribution in [0.25, 0.3) is 0 Å². The number of alkyl halides is 1. The van der Waals surface area contributed by atoms with E-state index in [2.05, 4.69) is 28.1 Å². The van der Waals surface area contributed by atoms with Gasteiger partial charge >= 0.3 is 0 Å². The number of benzene rings is 2. The predicted molar refractivity (Wildman–Crippen MR) is 89.9 cm³/mol. The van der Waals surface area contributed by atoms with E-state index in [-0.39, 0.29) is 11.7 Å². The lowest BCUT2D eigenvalue weighted by Gasteiger charge is -2.17. The van der Waals surface area contributed by atoms with Crippen LogP contribution in [0.4, 0.5) is 0 Å². The molecule has 0 saturated heterocycles. The van der Waals surface area contributed by atoms with Gasteiger partial charge in [-0.1, -0.05) is 57.9 Å². The summed E-state index contributed by atoms with van der Waals surface area (Å²) in [6.07, 6.45) is 0. The summed E-state index contributed by atoms with van der Waals surface area (Å²) in [4.78, 5) is 11.7. The maximum atomic E-state index is 11.7. The van der Waals surface area contributed by atoms with E-state index in [0.717, 1.165) is 5.33 Å². The number of Topliss-reactive ketones (excluding diaryl/α,β-unsaturated/α-hetero) is 1. The van der Waals surface area contributed by atoms with E-state index >= 15 is 0 Å². The molecule has 0 fully saturated rings. The van der Waals surface area contributed by atoms with E-state index in [1.807, 2.05) is 18.2 Å². The molecule has 110 valence electrons. The number of hydrogen-bond acceptors (Lipinski definition) is 2. The third-order valence-corrected chi connectivity index (χ3v) is 4.23. The van der Waals surface area contributed by atoms with Crippen molar-refractivity contribution in [3.05, 3.63) is 64.7 Å². The SMILES string of the molecule is CC(=O)c1cc(Cl)ccc1OCC(CBr)c1ccccc1. The van der Waals surface area contributed by atoms with E-state index in [0.29, 0.717) is 22.9 Å². The van der Waals surface area contributed by atoms with Crippen LogP contribution in [0.3, 0.4) is 0 Å². The van der Waals surface area contributed by atoms with Gasteiger partial charge in [-0.15, -0.1) is 0 Å². The van der Waals surface area contributed by atoms with Gasteiger partial charge in [-0.25, -0.2) is 0 Å². The lowest BCUT2D eigenvalue weighted by molar-refractivity contribution is 0.101. The van der Waals surface area contributed by atoms with Crippen molar-refractivity contribution in [3.8, 4) is 5.75 Å². The molecule has 0 bridgehead atoms. The first-order valence-corrected chi connectivity index (χ1v) is 8.16. The number of halogens is 2. The molecule has 2 rings (SSSR count). The van der Waals surface area contributed by atoms with Gasteiger partial charge in [-0.3, -0.25) is 4.79 Å². The van der Waals surface area contributed by atoms with E-state index in [9.17, 15) is 4.79 Å². The average molecular weight is 368 g/mol. The molecule has 1 unspecified atom stereocenters. The zero-order valence-electron chi connectivity index (χ0n) is 11.7. The fraction of sp³-hybridized carbons (Fsp3) is 0.235. The van der Waals surface area contributed by atoms with Crippen molar-refractivity contribution >= 4 is 33.3 Å². The van der Waals surface area contributed by atoms with Gasteiger partial charge in [0.05, 0.1) is 12.2 Å². The van der Waals surface area contributed by atoms with Gasteiger partial charge in [0.2, 0.25) is 0 Å². The maximum Gasteiger partial charge on any atom is 0.163 e. The van der Waals surface area contributed by atoms with E-state index < -0.39 is 0 Å². The van der Waals surface area contributed by atoms with Crippen LogP contribution in [-0.2, 0) is 0 Å². The second kappa shape index (κ2) is 7.62. The van der Waals surface area contributed by atoms with Crippen LogP contribution in [0.15, 0.2) is 48.5 Å². The van der Waals surface area contributed by atoms with Crippen LogP contribution in [0.2, 0.25) is 5.02 Å². The van der Waals surface area contributed by atoms with Crippen molar-refractivity contribution in [2.45, 2.75) is 12.8 Å². The summed E-state index contributed by atoms with van der Waals surface area (Å²) < 4.78 is 5.85. The predicted octanol–water partition coefficient (Wildman–Crippen LogP) is 5.10. The fourth-order valence-corrected chi connectivity index (χ4v) is 2.78. The molecule has 0 aromatic heterocycles. The van der Waals surface area contributed by atoms with Gasteiger partial charge in [0, 0.05) is 16.3 Å². The van der Waals surface area contributed by atoms with Gasteiger partial charge in [-0.2, -0.15) is 0 Å². The summed E-state index contributed by atoms with van der Waals surface area (Å²) in [5.41, 5.74) is 1.72. The molecule has 1 atom stereocenters. The monoisotopic (exact) mass is 366 g/mol. The van der Waals surface area contributed by atoms with Crippen molar-refractivity contribution in [1.29, 1.82) is 0 Å². The standard InChI is InChI=1S/C17H16BrClO2/c1-12(20)16-9-15(19)7-8-17(16)21-11-14(10-18)13-5-3-2-4-6-13/h2-9,14H,10-11H2,1H3. The number of carbonyl (C=O) groups is 1. The summed E-state index contributed by atoms with van der Waals surface area (Å²) in [6.45, 7) is 2.01. The normalized spacial score (nSPS) is 12.0. The summed E-state index contributed by atoms with van der Waals surface area (Å²) in [6, 6.07) is 15.3. The Hall–Kier alpha value is -1.32. The average Bonchev–Trinajstić information content (AvgIpc) is 2.50. The Morgan fingerprint density at radius 2 is 1.95 bits per heavy atom. The van der Waals surface area contributed by atoms with Crippen LogP contribution < -0.4 is 4.74 Å². The molecule has 0 heterocycles. The Balaban J connectivity index is 2.14. The zero-order chi connectivity index (χ0) is 15.2. The Morgan fingerprint density at radius 1 is 1.24 bits per heavy atom. The molecule has 21 heavy (non-hydrogen) atoms. The van der Waals surface area contributed by atoms with Crippen molar-refractivity contribution in [2.75, 3.05) is 11.9 Å². The van der Waals surface area contributed by atoms with Crippen LogP contribution in [-0.4, -0.2) is 17.7 Å². The molecule has 0 spiro atoms. The third kappa shape index (κ3) is 4.32.